The van der Waals surface area contributed by atoms with Gasteiger partial charge in [0.2, 0.25) is 5.91 Å². The molecule has 1 aliphatic rings. The minimum absolute atomic E-state index is 0.140. The van der Waals surface area contributed by atoms with Gasteiger partial charge in [0.15, 0.2) is 5.13 Å². The van der Waals surface area contributed by atoms with Crippen molar-refractivity contribution in [1.29, 1.82) is 0 Å². The first kappa shape index (κ1) is 19.4. The maximum atomic E-state index is 13.3. The number of aliphatic hydroxyl groups excluding tert-OH is 1. The number of thiazole rings is 1. The summed E-state index contributed by atoms with van der Waals surface area (Å²) >= 11 is 1.33. The van der Waals surface area contributed by atoms with Crippen LogP contribution in [0.2, 0.25) is 0 Å². The largest absolute Gasteiger partial charge is 0.394 e. The van der Waals surface area contributed by atoms with Gasteiger partial charge in [-0.1, -0.05) is 6.07 Å². The van der Waals surface area contributed by atoms with E-state index in [0.717, 1.165) is 6.07 Å². The van der Waals surface area contributed by atoms with Crippen molar-refractivity contribution in [2.24, 2.45) is 0 Å². The van der Waals surface area contributed by atoms with Crippen LogP contribution in [-0.4, -0.2) is 46.8 Å². The summed E-state index contributed by atoms with van der Waals surface area (Å²) < 4.78 is 19.1. The van der Waals surface area contributed by atoms with E-state index < -0.39 is 23.9 Å². The third-order valence-corrected chi connectivity index (χ3v) is 4.98. The van der Waals surface area contributed by atoms with Crippen LogP contribution in [0.1, 0.15) is 29.6 Å². The fraction of sp³-hybridized carbons (Fsp3) is 0.389. The molecule has 2 amide bonds. The minimum atomic E-state index is -0.631. The normalized spacial score (nSPS) is 22.2. The third-order valence-electron chi connectivity index (χ3n) is 4.29. The standard InChI is InChI=1S/C18H20FN3O4S/c19-12-3-1-2-11(8-12)17(25)21-14-5-4-13(26-15(14)10-23)9-16(24)22-18-20-6-7-27-18/h1-3,6-8,13-15,23H,4-5,9-10H2,(H,21,25)(H,20,22,24)/t13-,14-,15-/m1/s1. The maximum absolute atomic E-state index is 13.3. The van der Waals surface area contributed by atoms with Gasteiger partial charge >= 0.3 is 0 Å². The Morgan fingerprint density at radius 1 is 1.37 bits per heavy atom. The van der Waals surface area contributed by atoms with Gasteiger partial charge < -0.3 is 20.5 Å². The Morgan fingerprint density at radius 3 is 2.93 bits per heavy atom. The summed E-state index contributed by atoms with van der Waals surface area (Å²) in [4.78, 5) is 28.3. The van der Waals surface area contributed by atoms with E-state index in [0.29, 0.717) is 18.0 Å². The molecule has 2 heterocycles. The van der Waals surface area contributed by atoms with E-state index in [2.05, 4.69) is 15.6 Å². The second kappa shape index (κ2) is 9.03. The smallest absolute Gasteiger partial charge is 0.251 e. The highest BCUT2D eigenvalue weighted by atomic mass is 32.1. The van der Waals surface area contributed by atoms with Crippen molar-refractivity contribution in [3.05, 3.63) is 47.2 Å². The fourth-order valence-corrected chi connectivity index (χ4v) is 3.54. The Kier molecular flexibility index (Phi) is 6.49. The highest BCUT2D eigenvalue weighted by Gasteiger charge is 2.33. The minimum Gasteiger partial charge on any atom is -0.394 e. The molecule has 0 saturated carbocycles. The van der Waals surface area contributed by atoms with Gasteiger partial charge in [-0.3, -0.25) is 9.59 Å². The zero-order valence-corrected chi connectivity index (χ0v) is 15.2. The zero-order valence-electron chi connectivity index (χ0n) is 14.4. The first-order valence-corrected chi connectivity index (χ1v) is 9.45. The van der Waals surface area contributed by atoms with Crippen molar-refractivity contribution in [1.82, 2.24) is 10.3 Å². The number of nitrogens with zero attached hydrogens (tertiary/aromatic N) is 1. The molecule has 1 fully saturated rings. The molecule has 0 radical (unpaired) electrons. The zero-order chi connectivity index (χ0) is 19.2. The predicted molar refractivity (Wildman–Crippen MR) is 98.0 cm³/mol. The number of hydrogen-bond donors (Lipinski definition) is 3. The Morgan fingerprint density at radius 2 is 2.22 bits per heavy atom. The first-order chi connectivity index (χ1) is 13.0. The van der Waals surface area contributed by atoms with Crippen molar-refractivity contribution < 1.29 is 23.8 Å². The van der Waals surface area contributed by atoms with Crippen LogP contribution in [0, 0.1) is 5.82 Å². The molecule has 3 rings (SSSR count). The molecule has 1 saturated heterocycles. The molecule has 3 atom stereocenters. The second-order valence-electron chi connectivity index (χ2n) is 6.24. The van der Waals surface area contributed by atoms with Crippen LogP contribution >= 0.6 is 11.3 Å². The lowest BCUT2D eigenvalue weighted by Gasteiger charge is -2.36. The van der Waals surface area contributed by atoms with Crippen molar-refractivity contribution in [2.45, 2.75) is 37.5 Å². The van der Waals surface area contributed by atoms with E-state index in [1.807, 2.05) is 0 Å². The van der Waals surface area contributed by atoms with Gasteiger partial charge in [-0.25, -0.2) is 9.37 Å². The monoisotopic (exact) mass is 393 g/mol. The first-order valence-electron chi connectivity index (χ1n) is 8.57. The number of anilines is 1. The molecule has 144 valence electrons. The van der Waals surface area contributed by atoms with E-state index in [-0.39, 0.29) is 30.6 Å². The number of halogens is 1. The number of ether oxygens (including phenoxy) is 1. The summed E-state index contributed by atoms with van der Waals surface area (Å²) in [5, 5.41) is 17.4. The number of hydrogen-bond acceptors (Lipinski definition) is 6. The Bertz CT molecular complexity index is 787. The molecule has 0 bridgehead atoms. The van der Waals surface area contributed by atoms with Crippen LogP contribution in [-0.2, 0) is 9.53 Å². The van der Waals surface area contributed by atoms with Crippen molar-refractivity contribution in [2.75, 3.05) is 11.9 Å². The molecule has 0 spiro atoms. The van der Waals surface area contributed by atoms with Gasteiger partial charge in [-0.2, -0.15) is 0 Å². The molecule has 3 N–H and O–H groups in total. The summed E-state index contributed by atoms with van der Waals surface area (Å²) in [6, 6.07) is 4.98. The average molecular weight is 393 g/mol. The molecule has 27 heavy (non-hydrogen) atoms. The van der Waals surface area contributed by atoms with Crippen LogP contribution < -0.4 is 10.6 Å². The van der Waals surface area contributed by atoms with E-state index in [9.17, 15) is 19.1 Å². The topological polar surface area (TPSA) is 101 Å². The van der Waals surface area contributed by atoms with E-state index >= 15 is 0 Å². The van der Waals surface area contributed by atoms with E-state index in [1.54, 1.807) is 11.6 Å². The molecule has 0 unspecified atom stereocenters. The average Bonchev–Trinajstić information content (AvgIpc) is 3.15. The van der Waals surface area contributed by atoms with Gasteiger partial charge in [0.05, 0.1) is 25.2 Å². The van der Waals surface area contributed by atoms with E-state index in [1.165, 1.54) is 29.5 Å². The van der Waals surface area contributed by atoms with Gasteiger partial charge in [0.25, 0.3) is 5.91 Å². The SMILES string of the molecule is O=C(C[C@H]1CC[C@@H](NC(=O)c2cccc(F)c2)[C@@H](CO)O1)Nc1nccs1. The van der Waals surface area contributed by atoms with Gasteiger partial charge in [-0.15, -0.1) is 11.3 Å². The summed E-state index contributed by atoms with van der Waals surface area (Å²) in [7, 11) is 0. The van der Waals surface area contributed by atoms with Crippen molar-refractivity contribution in [3.63, 3.8) is 0 Å². The lowest BCUT2D eigenvalue weighted by atomic mass is 9.96. The van der Waals surface area contributed by atoms with Crippen LogP contribution in [0.25, 0.3) is 0 Å². The quantitative estimate of drug-likeness (QED) is 0.697. The molecule has 2 aromatic rings. The van der Waals surface area contributed by atoms with Gasteiger partial charge in [0, 0.05) is 17.1 Å². The number of rotatable bonds is 6. The fourth-order valence-electron chi connectivity index (χ4n) is 2.99. The number of amides is 2. The van der Waals surface area contributed by atoms with Crippen LogP contribution in [0.5, 0.6) is 0 Å². The Balaban J connectivity index is 1.53. The van der Waals surface area contributed by atoms with Crippen molar-refractivity contribution in [3.8, 4) is 0 Å². The lowest BCUT2D eigenvalue weighted by molar-refractivity contribution is -0.126. The summed E-state index contributed by atoms with van der Waals surface area (Å²) in [6.07, 6.45) is 1.85. The molecule has 1 aromatic heterocycles. The number of nitrogens with one attached hydrogen (secondary N) is 2. The lowest BCUT2D eigenvalue weighted by Crippen LogP contribution is -2.51. The summed E-state index contributed by atoms with van der Waals surface area (Å²) in [5.41, 5.74) is 0.205. The number of aliphatic hydroxyl groups is 1. The Hall–Kier alpha value is -2.36. The van der Waals surface area contributed by atoms with Crippen LogP contribution in [0.15, 0.2) is 35.8 Å². The number of benzene rings is 1. The second-order valence-corrected chi connectivity index (χ2v) is 7.13. The summed E-state index contributed by atoms with van der Waals surface area (Å²) in [6.45, 7) is -0.293. The molecular weight excluding hydrogens is 373 g/mol. The predicted octanol–water partition coefficient (Wildman–Crippen LogP) is 1.95. The van der Waals surface area contributed by atoms with Crippen molar-refractivity contribution >= 4 is 28.3 Å². The molecule has 0 aliphatic carbocycles. The highest BCUT2D eigenvalue weighted by molar-refractivity contribution is 7.13. The number of aromatic nitrogens is 1. The number of carbonyl (C=O) groups is 2. The third kappa shape index (κ3) is 5.31. The molecule has 9 heteroatoms. The highest BCUT2D eigenvalue weighted by Crippen LogP contribution is 2.23. The van der Waals surface area contributed by atoms with Crippen LogP contribution in [0.3, 0.4) is 0 Å². The van der Waals surface area contributed by atoms with E-state index in [4.69, 9.17) is 4.74 Å². The molecular formula is C18H20FN3O4S. The van der Waals surface area contributed by atoms with Gasteiger partial charge in [0.1, 0.15) is 11.9 Å². The summed E-state index contributed by atoms with van der Waals surface area (Å²) in [5.74, 6) is -1.14. The molecule has 1 aliphatic heterocycles. The maximum Gasteiger partial charge on any atom is 0.251 e. The Labute approximate surface area is 159 Å². The van der Waals surface area contributed by atoms with Crippen LogP contribution in [0.4, 0.5) is 9.52 Å². The number of carbonyl (C=O) groups excluding carboxylic acids is 2. The molecule has 1 aromatic carbocycles. The van der Waals surface area contributed by atoms with Gasteiger partial charge in [-0.05, 0) is 31.0 Å². The molecule has 7 nitrogen and oxygen atoms in total.